The van der Waals surface area contributed by atoms with Crippen molar-refractivity contribution in [3.8, 4) is 0 Å². The van der Waals surface area contributed by atoms with Crippen molar-refractivity contribution >= 4 is 17.3 Å². The van der Waals surface area contributed by atoms with Crippen LogP contribution in [0.15, 0.2) is 0 Å². The van der Waals surface area contributed by atoms with Crippen molar-refractivity contribution in [2.75, 3.05) is 85.8 Å². The highest BCUT2D eigenvalue weighted by Gasteiger charge is 2.61. The summed E-state index contributed by atoms with van der Waals surface area (Å²) in [5, 5.41) is 361. The molecular formula is C65H110N2O52S. The lowest BCUT2D eigenvalue weighted by molar-refractivity contribution is -0.396. The van der Waals surface area contributed by atoms with Crippen molar-refractivity contribution in [3.05, 3.63) is 0 Å². The van der Waals surface area contributed by atoms with Crippen molar-refractivity contribution in [3.63, 3.8) is 0 Å². The number of aliphatic hydroxyl groups is 32. The van der Waals surface area contributed by atoms with Crippen LogP contribution in [0.4, 0.5) is 0 Å². The third-order valence-electron chi connectivity index (χ3n) is 22.6. The van der Waals surface area contributed by atoms with Crippen LogP contribution in [-0.2, 0) is 94.7 Å². The van der Waals surface area contributed by atoms with Crippen molar-refractivity contribution in [1.82, 2.24) is 10.6 Å². The zero-order valence-corrected chi connectivity index (χ0v) is 63.8. The number of hydrogen-bond donors (Lipinski definition) is 34. The molecule has 50 atom stereocenters. The van der Waals surface area contributed by atoms with Gasteiger partial charge in [-0.2, -0.15) is 0 Å². The van der Waals surface area contributed by atoms with Crippen LogP contribution in [0.5, 0.6) is 0 Å². The number of thiocarbonyl (C=S) groups is 1. The van der Waals surface area contributed by atoms with Gasteiger partial charge >= 0.3 is 0 Å². The molecule has 120 heavy (non-hydrogen) atoms. The average Bonchev–Trinajstić information content (AvgIpc) is 0.781. The van der Waals surface area contributed by atoms with E-state index >= 15 is 0 Å². The second-order valence-electron chi connectivity index (χ2n) is 30.6. The first-order valence-electron chi connectivity index (χ1n) is 38.2. The number of nitrogens with one attached hydrogen (secondary N) is 2. The fourth-order valence-electron chi connectivity index (χ4n) is 15.5. The minimum atomic E-state index is -2.51. The van der Waals surface area contributed by atoms with Gasteiger partial charge in [0.15, 0.2) is 68.0 Å². The van der Waals surface area contributed by atoms with E-state index in [1.54, 1.807) is 0 Å². The molecule has 0 aromatic carbocycles. The molecule has 34 N–H and O–H groups in total. The lowest BCUT2D eigenvalue weighted by atomic mass is 9.95. The van der Waals surface area contributed by atoms with Crippen LogP contribution in [0.2, 0.25) is 0 Å². The maximum absolute atomic E-state index is 12.3. The molecule has 0 aromatic heterocycles. The van der Waals surface area contributed by atoms with Crippen molar-refractivity contribution < 1.29 is 258 Å². The van der Waals surface area contributed by atoms with Gasteiger partial charge in [-0.1, -0.05) is 0 Å². The second-order valence-corrected chi connectivity index (χ2v) is 31.0. The summed E-state index contributed by atoms with van der Waals surface area (Å²) in [7, 11) is 0. The summed E-state index contributed by atoms with van der Waals surface area (Å²) in [6.07, 6.45) is -107. The Morgan fingerprint density at radius 2 is 0.400 bits per heavy atom. The first kappa shape index (κ1) is 98.2. The van der Waals surface area contributed by atoms with E-state index in [1.807, 2.05) is 0 Å². The molecule has 14 bridgehead atoms. The van der Waals surface area contributed by atoms with Gasteiger partial charge in [-0.25, -0.2) is 0 Å². The molecule has 698 valence electrons. The Morgan fingerprint density at radius 3 is 0.592 bits per heavy atom. The summed E-state index contributed by atoms with van der Waals surface area (Å²) in [5.74, 6) is 0. The Bertz CT molecular complexity index is 3010. The zero-order chi connectivity index (χ0) is 87.7. The molecule has 55 heteroatoms. The van der Waals surface area contributed by atoms with Gasteiger partial charge < -0.3 is 269 Å². The zero-order valence-electron chi connectivity index (χ0n) is 62.9. The number of aliphatic hydroxyl groups excluding tert-OH is 32. The average molecular weight is 1780 g/mol. The van der Waals surface area contributed by atoms with Crippen LogP contribution in [0.25, 0.3) is 0 Å². The Labute approximate surface area is 682 Å². The number of rotatable bonds is 21. The Morgan fingerprint density at radius 1 is 0.217 bits per heavy atom. The summed E-state index contributed by atoms with van der Waals surface area (Å²) in [6.45, 7) is -14.4. The largest absolute Gasteiger partial charge is 0.394 e. The quantitative estimate of drug-likeness (QED) is 0.0475. The maximum Gasteiger partial charge on any atom is 0.187 e. The van der Waals surface area contributed by atoms with E-state index in [2.05, 4.69) is 10.6 Å². The lowest BCUT2D eigenvalue weighted by Crippen LogP contribution is -2.69. The van der Waals surface area contributed by atoms with Gasteiger partial charge in [-0.15, -0.1) is 0 Å². The highest BCUT2D eigenvalue weighted by atomic mass is 32.1. The molecule has 24 aliphatic rings. The standard InChI is InChI=1S/C65H110N2O52S/c68-2-15-24(77)27(80)37(90)54(104-15)100-11-65(12-101-55-38(91)28(81)25(78)16(3-69)105-55,13-102-56-39(92)29(82)26(79)17(4-70)106-56)67-64(120)66-1-14-47-30(83)40(93)57(103-14)114-48-18(5-71)108-59(42(95)32(48)85)116-50-20(7-73)110-61(44(97)34(50)87)118-52-22(9-75)112-63(46(99)36(52)89)119-53-23(10-76)111-62(45(98)35(53)88)117-51-21(8-74)109-60(43(96)33(51)86)115-49-19(6-72)107-58(113-47)41(94)31(49)84/h14-63,68-99H,1-13H2,(H2,66,67,120)/t14-,15-,16-,17-,18-,19-,20-,21-,22-,23-,24-,25-,26-,27+,28+,29+,30-,31-,32-,33-,34-,35-,36-,37+,38+,39+,40-,41-,42-,43-,44-,45-,46-,47-,48-,49-,50-,51-,52-,53-,54+,55+,56+,57-,58-,59-,60-,61-,62-,63-/m1/s1. The Kier molecular flexibility index (Phi) is 34.7. The van der Waals surface area contributed by atoms with Gasteiger partial charge in [0.05, 0.1) is 79.3 Å². The summed E-state index contributed by atoms with van der Waals surface area (Å²) in [4.78, 5) is 0. The van der Waals surface area contributed by atoms with E-state index in [9.17, 15) is 163 Å². The molecular weight excluding hydrogens is 1670 g/mol. The summed E-state index contributed by atoms with van der Waals surface area (Å²) >= 11 is 5.80. The molecule has 24 heterocycles. The lowest BCUT2D eigenvalue weighted by Gasteiger charge is -2.50. The van der Waals surface area contributed by atoms with Gasteiger partial charge in [0.2, 0.25) is 0 Å². The van der Waals surface area contributed by atoms with Crippen LogP contribution in [0, 0.1) is 0 Å². The highest BCUT2D eigenvalue weighted by Crippen LogP contribution is 2.41. The van der Waals surface area contributed by atoms with Crippen LogP contribution in [0.1, 0.15) is 0 Å². The van der Waals surface area contributed by atoms with Crippen molar-refractivity contribution in [1.29, 1.82) is 0 Å². The molecule has 0 amide bonds. The first-order chi connectivity index (χ1) is 57.0. The van der Waals surface area contributed by atoms with E-state index in [0.29, 0.717) is 0 Å². The van der Waals surface area contributed by atoms with E-state index in [-0.39, 0.29) is 0 Å². The molecule has 54 nitrogen and oxygen atoms in total. The molecule has 24 aliphatic heterocycles. The van der Waals surface area contributed by atoms with Gasteiger partial charge in [-0.05, 0) is 12.2 Å². The summed E-state index contributed by atoms with van der Waals surface area (Å²) < 4.78 is 116. The smallest absolute Gasteiger partial charge is 0.187 e. The van der Waals surface area contributed by atoms with E-state index in [4.69, 9.17) is 107 Å². The van der Waals surface area contributed by atoms with Crippen LogP contribution in [-0.4, -0.2) is 567 Å². The van der Waals surface area contributed by atoms with Crippen molar-refractivity contribution in [2.45, 2.75) is 313 Å². The topological polar surface area (TPSA) is 856 Å². The highest BCUT2D eigenvalue weighted by molar-refractivity contribution is 7.80. The normalized spacial score (nSPS) is 51.5. The molecule has 0 spiro atoms. The monoisotopic (exact) mass is 1780 g/mol. The summed E-state index contributed by atoms with van der Waals surface area (Å²) in [6, 6.07) is 0. The molecule has 0 radical (unpaired) electrons. The minimum absolute atomic E-state index is 0.739. The molecule has 24 fully saturated rings. The fraction of sp³-hybridized carbons (Fsp3) is 0.985. The van der Waals surface area contributed by atoms with E-state index < -0.39 is 404 Å². The molecule has 0 saturated carbocycles. The first-order valence-corrected chi connectivity index (χ1v) is 38.6. The van der Waals surface area contributed by atoms with Gasteiger partial charge in [0, 0.05) is 6.54 Å². The molecule has 0 aromatic rings. The van der Waals surface area contributed by atoms with Crippen LogP contribution < -0.4 is 10.6 Å². The third-order valence-corrected chi connectivity index (χ3v) is 22.8. The van der Waals surface area contributed by atoms with Gasteiger partial charge in [0.1, 0.15) is 250 Å². The van der Waals surface area contributed by atoms with Gasteiger partial charge in [0.25, 0.3) is 0 Å². The Balaban J connectivity index is 0.921. The predicted molar refractivity (Wildman–Crippen MR) is 367 cm³/mol. The van der Waals surface area contributed by atoms with E-state index in [0.717, 1.165) is 0 Å². The fourth-order valence-corrected chi connectivity index (χ4v) is 15.8. The van der Waals surface area contributed by atoms with Gasteiger partial charge in [-0.3, -0.25) is 0 Å². The number of ether oxygens (including phenoxy) is 20. The number of hydrogen-bond acceptors (Lipinski definition) is 53. The Hall–Kier alpha value is -2.39. The SMILES string of the molecule is OC[C@H]1O[C@H](OCC(CO[C@H]2O[C@H](CO)[C@@H](O)[C@H](O)[C@@H]2O)(CO[C@H]2O[C@H](CO)[C@@H](O)[C@H](O)[C@@H]2O)NC(=S)NC[C@H]2O[C@@H]3O[C@H]4[C@H](O)[C@@H](O)[C@@H](O[C@H]5[C@H](O)[C@@H](O)[C@@H](O[C@H]6[C@H](O)[C@@H](O)[C@@H](O[C@H]7[C@H](O)[C@@H](O)[C@@H](O[C@H]8[C@H](O)[C@@H](O)[C@@H](O[C@H]9[C@H](O)[C@@H](O)[C@@H](O[C@H]2[C@H](O)[C@H]3O)O[C@@H]9CO)O[C@@H]8CO)O[C@@H]7CO)O[C@@H]6CO)O[C@@H]5CO)O[C@@H]4CO)[C@@H](O)[C@@H](O)[C@@H]1O. The maximum atomic E-state index is 12.3. The molecule has 24 rings (SSSR count). The summed E-state index contributed by atoms with van der Waals surface area (Å²) in [5.41, 5.74) is -2.44. The van der Waals surface area contributed by atoms with Crippen LogP contribution in [0.3, 0.4) is 0 Å². The molecule has 24 saturated heterocycles. The predicted octanol–water partition coefficient (Wildman–Crippen LogP) is -23.6. The third kappa shape index (κ3) is 20.6. The van der Waals surface area contributed by atoms with Crippen LogP contribution >= 0.6 is 12.2 Å². The second kappa shape index (κ2) is 42.5. The van der Waals surface area contributed by atoms with Crippen molar-refractivity contribution in [2.24, 2.45) is 0 Å². The molecule has 0 unspecified atom stereocenters. The molecule has 0 aliphatic carbocycles. The minimum Gasteiger partial charge on any atom is -0.394 e. The van der Waals surface area contributed by atoms with E-state index in [1.165, 1.54) is 0 Å².